The molecular weight excluding hydrogens is 238 g/mol. The molecule has 0 bridgehead atoms. The minimum absolute atomic E-state index is 0.445. The molecule has 1 spiro atoms. The third-order valence-electron chi connectivity index (χ3n) is 4.98. The van der Waals surface area contributed by atoms with E-state index in [1.165, 1.54) is 32.1 Å². The Morgan fingerprint density at radius 1 is 1.42 bits per heavy atom. The van der Waals surface area contributed by atoms with Gasteiger partial charge in [0.15, 0.2) is 0 Å². The minimum atomic E-state index is 0.445. The van der Waals surface area contributed by atoms with E-state index in [-0.39, 0.29) is 0 Å². The van der Waals surface area contributed by atoms with Gasteiger partial charge in [-0.15, -0.1) is 0 Å². The van der Waals surface area contributed by atoms with Crippen LogP contribution in [-0.2, 0) is 11.3 Å². The topological polar surface area (TPSA) is 39.1 Å². The van der Waals surface area contributed by atoms with Crippen molar-refractivity contribution in [3.8, 4) is 0 Å². The highest BCUT2D eigenvalue weighted by atomic mass is 16.5. The number of aromatic nitrogens is 2. The van der Waals surface area contributed by atoms with Gasteiger partial charge in [0.1, 0.15) is 0 Å². The summed E-state index contributed by atoms with van der Waals surface area (Å²) in [5.41, 5.74) is 0.445. The van der Waals surface area contributed by atoms with Gasteiger partial charge in [-0.25, -0.2) is 0 Å². The molecule has 0 aromatic carbocycles. The van der Waals surface area contributed by atoms with E-state index in [1.807, 2.05) is 23.1 Å². The number of ether oxygens (including phenoxy) is 1. The van der Waals surface area contributed by atoms with E-state index in [1.54, 1.807) is 0 Å². The lowest BCUT2D eigenvalue weighted by molar-refractivity contribution is -0.130. The fourth-order valence-corrected chi connectivity index (χ4v) is 3.96. The van der Waals surface area contributed by atoms with Crippen LogP contribution in [0.15, 0.2) is 18.5 Å². The van der Waals surface area contributed by atoms with Gasteiger partial charge < -0.3 is 10.1 Å². The van der Waals surface area contributed by atoms with Gasteiger partial charge >= 0.3 is 0 Å². The molecule has 1 aromatic heterocycles. The van der Waals surface area contributed by atoms with Gasteiger partial charge in [0, 0.05) is 37.0 Å². The monoisotopic (exact) mass is 263 g/mol. The third kappa shape index (κ3) is 2.43. The Morgan fingerprint density at radius 3 is 2.95 bits per heavy atom. The van der Waals surface area contributed by atoms with Crippen LogP contribution >= 0.6 is 0 Å². The minimum Gasteiger partial charge on any atom is -0.378 e. The molecule has 2 aliphatic carbocycles. The molecule has 0 aliphatic heterocycles. The van der Waals surface area contributed by atoms with Crippen LogP contribution < -0.4 is 5.32 Å². The first-order valence-electron chi connectivity index (χ1n) is 7.67. The summed E-state index contributed by atoms with van der Waals surface area (Å²) in [5.74, 6) is 0. The smallest absolute Gasteiger partial charge is 0.0661 e. The molecule has 4 nitrogen and oxygen atoms in total. The predicted octanol–water partition coefficient (Wildman–Crippen LogP) is 2.21. The maximum absolute atomic E-state index is 5.94. The normalized spacial score (nSPS) is 28.7. The van der Waals surface area contributed by atoms with Crippen LogP contribution in [0.4, 0.5) is 0 Å². The Kier molecular flexibility index (Phi) is 3.89. The van der Waals surface area contributed by atoms with E-state index in [2.05, 4.69) is 17.3 Å². The molecule has 19 heavy (non-hydrogen) atoms. The van der Waals surface area contributed by atoms with Crippen molar-refractivity contribution in [3.63, 3.8) is 0 Å². The molecule has 4 heteroatoms. The van der Waals surface area contributed by atoms with E-state index in [9.17, 15) is 0 Å². The highest BCUT2D eigenvalue weighted by molar-refractivity contribution is 5.09. The molecule has 2 unspecified atom stereocenters. The largest absolute Gasteiger partial charge is 0.378 e. The lowest BCUT2D eigenvalue weighted by atomic mass is 9.60. The Morgan fingerprint density at radius 2 is 2.26 bits per heavy atom. The Labute approximate surface area is 115 Å². The van der Waals surface area contributed by atoms with Crippen molar-refractivity contribution < 1.29 is 4.74 Å². The second-order valence-corrected chi connectivity index (χ2v) is 5.90. The molecule has 2 fully saturated rings. The van der Waals surface area contributed by atoms with E-state index in [0.717, 1.165) is 19.7 Å². The fraction of sp³-hybridized carbons (Fsp3) is 0.800. The summed E-state index contributed by atoms with van der Waals surface area (Å²) in [5, 5.41) is 7.98. The molecule has 2 aliphatic rings. The molecular formula is C15H25N3O. The molecule has 0 radical (unpaired) electrons. The SMILES string of the molecule is CCOC1CC(NCCn2cccn2)C12CCCC2. The molecule has 2 atom stereocenters. The standard InChI is InChI=1S/C15H25N3O/c1-2-19-14-12-13(15(14)6-3-4-7-15)16-9-11-18-10-5-8-17-18/h5,8,10,13-14,16H,2-4,6-7,9,11-12H2,1H3. The number of nitrogens with one attached hydrogen (secondary N) is 1. The molecule has 1 N–H and O–H groups in total. The van der Waals surface area contributed by atoms with Crippen molar-refractivity contribution in [2.75, 3.05) is 13.2 Å². The second-order valence-electron chi connectivity index (χ2n) is 5.90. The zero-order chi connectivity index (χ0) is 13.1. The summed E-state index contributed by atoms with van der Waals surface area (Å²) >= 11 is 0. The first kappa shape index (κ1) is 13.1. The van der Waals surface area contributed by atoms with Gasteiger partial charge in [-0.05, 0) is 32.3 Å². The lowest BCUT2D eigenvalue weighted by Crippen LogP contribution is -2.63. The molecule has 1 heterocycles. The van der Waals surface area contributed by atoms with Gasteiger partial charge in [-0.3, -0.25) is 4.68 Å². The van der Waals surface area contributed by atoms with E-state index in [0.29, 0.717) is 17.6 Å². The Bertz CT molecular complexity index is 384. The molecule has 0 amide bonds. The third-order valence-corrected chi connectivity index (χ3v) is 4.98. The Balaban J connectivity index is 1.51. The molecule has 1 aromatic rings. The van der Waals surface area contributed by atoms with E-state index < -0.39 is 0 Å². The van der Waals surface area contributed by atoms with Crippen molar-refractivity contribution in [3.05, 3.63) is 18.5 Å². The Hall–Kier alpha value is -0.870. The molecule has 0 saturated heterocycles. The summed E-state index contributed by atoms with van der Waals surface area (Å²) in [4.78, 5) is 0. The average Bonchev–Trinajstić information content (AvgIpc) is 3.09. The van der Waals surface area contributed by atoms with Crippen molar-refractivity contribution in [2.24, 2.45) is 5.41 Å². The number of rotatable bonds is 6. The van der Waals surface area contributed by atoms with Crippen LogP contribution in [0.5, 0.6) is 0 Å². The maximum Gasteiger partial charge on any atom is 0.0661 e. The summed E-state index contributed by atoms with van der Waals surface area (Å²) in [6, 6.07) is 2.63. The first-order valence-corrected chi connectivity index (χ1v) is 7.67. The van der Waals surface area contributed by atoms with E-state index in [4.69, 9.17) is 4.74 Å². The van der Waals surface area contributed by atoms with Crippen LogP contribution in [-0.4, -0.2) is 35.1 Å². The van der Waals surface area contributed by atoms with Gasteiger partial charge in [-0.2, -0.15) is 5.10 Å². The van der Waals surface area contributed by atoms with Crippen LogP contribution in [0.3, 0.4) is 0 Å². The average molecular weight is 263 g/mol. The van der Waals surface area contributed by atoms with Crippen molar-refractivity contribution in [2.45, 2.75) is 57.7 Å². The number of hydrogen-bond donors (Lipinski definition) is 1. The van der Waals surface area contributed by atoms with Gasteiger partial charge in [-0.1, -0.05) is 12.8 Å². The number of nitrogens with zero attached hydrogens (tertiary/aromatic N) is 2. The van der Waals surface area contributed by atoms with E-state index >= 15 is 0 Å². The lowest BCUT2D eigenvalue weighted by Gasteiger charge is -2.54. The summed E-state index contributed by atoms with van der Waals surface area (Å²) in [7, 11) is 0. The van der Waals surface area contributed by atoms with Crippen molar-refractivity contribution in [1.82, 2.24) is 15.1 Å². The zero-order valence-electron chi connectivity index (χ0n) is 11.8. The highest BCUT2D eigenvalue weighted by Crippen LogP contribution is 2.54. The zero-order valence-corrected chi connectivity index (χ0v) is 11.8. The van der Waals surface area contributed by atoms with Crippen LogP contribution in [0.1, 0.15) is 39.0 Å². The second kappa shape index (κ2) is 5.63. The molecule has 2 saturated carbocycles. The van der Waals surface area contributed by atoms with Gasteiger partial charge in [0.05, 0.1) is 12.6 Å². The van der Waals surface area contributed by atoms with Gasteiger partial charge in [0.2, 0.25) is 0 Å². The summed E-state index contributed by atoms with van der Waals surface area (Å²) < 4.78 is 7.93. The van der Waals surface area contributed by atoms with Crippen molar-refractivity contribution in [1.29, 1.82) is 0 Å². The number of hydrogen-bond acceptors (Lipinski definition) is 3. The predicted molar refractivity (Wildman–Crippen MR) is 74.9 cm³/mol. The summed E-state index contributed by atoms with van der Waals surface area (Å²) in [6.07, 6.45) is 11.0. The highest BCUT2D eigenvalue weighted by Gasteiger charge is 2.56. The fourth-order valence-electron chi connectivity index (χ4n) is 3.96. The van der Waals surface area contributed by atoms with Gasteiger partial charge in [0.25, 0.3) is 0 Å². The first-order chi connectivity index (χ1) is 9.35. The molecule has 106 valence electrons. The summed E-state index contributed by atoms with van der Waals surface area (Å²) in [6.45, 7) is 4.93. The maximum atomic E-state index is 5.94. The van der Waals surface area contributed by atoms with Crippen molar-refractivity contribution >= 4 is 0 Å². The van der Waals surface area contributed by atoms with Crippen LogP contribution in [0, 0.1) is 5.41 Å². The van der Waals surface area contributed by atoms with Crippen LogP contribution in [0.2, 0.25) is 0 Å². The molecule has 3 rings (SSSR count). The quantitative estimate of drug-likeness (QED) is 0.855. The van der Waals surface area contributed by atoms with Crippen LogP contribution in [0.25, 0.3) is 0 Å².